The number of amides is 1. The molecule has 2 aromatic carbocycles. The maximum Gasteiger partial charge on any atom is 0.275 e. The smallest absolute Gasteiger partial charge is 0.275 e. The predicted molar refractivity (Wildman–Crippen MR) is 107 cm³/mol. The van der Waals surface area contributed by atoms with Gasteiger partial charge in [0.25, 0.3) is 5.69 Å². The normalized spacial score (nSPS) is 17.8. The maximum absolute atomic E-state index is 12.1. The summed E-state index contributed by atoms with van der Waals surface area (Å²) in [5, 5.41) is 24.3. The molecule has 4 N–H and O–H groups in total. The summed E-state index contributed by atoms with van der Waals surface area (Å²) < 4.78 is 5.72. The minimum atomic E-state index is -1.000. The summed E-state index contributed by atoms with van der Waals surface area (Å²) in [6.45, 7) is 2.44. The molecule has 0 aromatic heterocycles. The van der Waals surface area contributed by atoms with Crippen LogP contribution in [-0.2, 0) is 11.2 Å². The number of benzene rings is 2. The van der Waals surface area contributed by atoms with Crippen LogP contribution in [0.25, 0.3) is 0 Å². The number of aliphatic hydroxyl groups is 1. The number of aliphatic hydroxyl groups excluding tert-OH is 1. The first-order valence-corrected chi connectivity index (χ1v) is 9.58. The molecule has 29 heavy (non-hydrogen) atoms. The van der Waals surface area contributed by atoms with Crippen molar-refractivity contribution >= 4 is 11.6 Å². The number of nitrogens with one attached hydrogen (secondary N) is 1. The monoisotopic (exact) mass is 399 g/mol. The summed E-state index contributed by atoms with van der Waals surface area (Å²) >= 11 is 0. The van der Waals surface area contributed by atoms with E-state index in [1.165, 1.54) is 30.7 Å². The van der Waals surface area contributed by atoms with Crippen LogP contribution < -0.4 is 15.8 Å². The van der Waals surface area contributed by atoms with E-state index in [4.69, 9.17) is 10.5 Å². The number of hydrogen-bond donors (Lipinski definition) is 3. The standard InChI is InChI=1S/C21H25N3O5/c1-13(25)18-12-15(6-7-19(18)24(27)28)29-11-9-17(21(22)26)20-16-5-3-2-4-14(16)8-10-23-20/h2-7,12-13,17,20,23,25H,8-11H2,1H3,(H2,22,26). The lowest BCUT2D eigenvalue weighted by Gasteiger charge is -2.32. The van der Waals surface area contributed by atoms with E-state index in [0.29, 0.717) is 12.2 Å². The molecular weight excluding hydrogens is 374 g/mol. The quantitative estimate of drug-likeness (QED) is 0.462. The average molecular weight is 399 g/mol. The Kier molecular flexibility index (Phi) is 6.46. The van der Waals surface area contributed by atoms with Crippen molar-refractivity contribution in [3.63, 3.8) is 0 Å². The second kappa shape index (κ2) is 9.02. The molecule has 1 aliphatic heterocycles. The number of nitrogens with zero attached hydrogens (tertiary/aromatic N) is 1. The first-order chi connectivity index (χ1) is 13.9. The van der Waals surface area contributed by atoms with Crippen molar-refractivity contribution in [1.29, 1.82) is 0 Å². The van der Waals surface area contributed by atoms with Crippen LogP contribution in [0.15, 0.2) is 42.5 Å². The van der Waals surface area contributed by atoms with Gasteiger partial charge in [0, 0.05) is 12.1 Å². The SMILES string of the molecule is CC(O)c1cc(OCCC(C(N)=O)C2NCCc3ccccc32)ccc1[N+](=O)[O-]. The zero-order chi connectivity index (χ0) is 21.0. The van der Waals surface area contributed by atoms with Gasteiger partial charge in [-0.05, 0) is 49.6 Å². The molecule has 0 aliphatic carbocycles. The molecule has 0 radical (unpaired) electrons. The third-order valence-electron chi connectivity index (χ3n) is 5.26. The molecule has 0 saturated heterocycles. The zero-order valence-corrected chi connectivity index (χ0v) is 16.2. The predicted octanol–water partition coefficient (Wildman–Crippen LogP) is 2.41. The van der Waals surface area contributed by atoms with Crippen molar-refractivity contribution in [1.82, 2.24) is 5.32 Å². The molecule has 0 spiro atoms. The van der Waals surface area contributed by atoms with Gasteiger partial charge in [-0.2, -0.15) is 0 Å². The minimum Gasteiger partial charge on any atom is -0.494 e. The van der Waals surface area contributed by atoms with E-state index in [2.05, 4.69) is 11.4 Å². The van der Waals surface area contributed by atoms with Gasteiger partial charge in [-0.3, -0.25) is 14.9 Å². The molecule has 8 heteroatoms. The summed E-state index contributed by atoms with van der Waals surface area (Å²) in [5.74, 6) is -0.464. The lowest BCUT2D eigenvalue weighted by atomic mass is 9.84. The van der Waals surface area contributed by atoms with E-state index >= 15 is 0 Å². The highest BCUT2D eigenvalue weighted by atomic mass is 16.6. The number of carbonyl (C=O) groups excluding carboxylic acids is 1. The van der Waals surface area contributed by atoms with Crippen molar-refractivity contribution in [2.75, 3.05) is 13.2 Å². The van der Waals surface area contributed by atoms with Gasteiger partial charge in [0.1, 0.15) is 5.75 Å². The van der Waals surface area contributed by atoms with Crippen molar-refractivity contribution in [2.24, 2.45) is 11.7 Å². The third-order valence-corrected chi connectivity index (χ3v) is 5.26. The van der Waals surface area contributed by atoms with Crippen LogP contribution in [-0.4, -0.2) is 29.1 Å². The number of nitrogens with two attached hydrogens (primary N) is 1. The molecule has 8 nitrogen and oxygen atoms in total. The number of ether oxygens (including phenoxy) is 1. The number of hydrogen-bond acceptors (Lipinski definition) is 6. The molecule has 154 valence electrons. The highest BCUT2D eigenvalue weighted by Gasteiger charge is 2.31. The minimum absolute atomic E-state index is 0.162. The molecule has 3 atom stereocenters. The lowest BCUT2D eigenvalue weighted by molar-refractivity contribution is -0.386. The highest BCUT2D eigenvalue weighted by molar-refractivity contribution is 5.78. The Morgan fingerprint density at radius 3 is 2.83 bits per heavy atom. The van der Waals surface area contributed by atoms with Crippen molar-refractivity contribution < 1.29 is 19.6 Å². The van der Waals surface area contributed by atoms with Crippen LogP contribution in [0.2, 0.25) is 0 Å². The van der Waals surface area contributed by atoms with Crippen molar-refractivity contribution in [3.05, 3.63) is 69.3 Å². The second-order valence-corrected chi connectivity index (χ2v) is 7.18. The van der Waals surface area contributed by atoms with Gasteiger partial charge < -0.3 is 20.9 Å². The number of nitro groups is 1. The summed E-state index contributed by atoms with van der Waals surface area (Å²) in [7, 11) is 0. The Hall–Kier alpha value is -2.97. The molecule has 0 fully saturated rings. The summed E-state index contributed by atoms with van der Waals surface area (Å²) in [4.78, 5) is 22.7. The van der Waals surface area contributed by atoms with Gasteiger partial charge >= 0.3 is 0 Å². The van der Waals surface area contributed by atoms with Gasteiger partial charge in [0.15, 0.2) is 0 Å². The van der Waals surface area contributed by atoms with E-state index in [-0.39, 0.29) is 23.9 Å². The zero-order valence-electron chi connectivity index (χ0n) is 16.2. The van der Waals surface area contributed by atoms with Gasteiger partial charge in [-0.25, -0.2) is 0 Å². The van der Waals surface area contributed by atoms with E-state index < -0.39 is 22.9 Å². The van der Waals surface area contributed by atoms with Gasteiger partial charge in [-0.15, -0.1) is 0 Å². The molecule has 2 aromatic rings. The highest BCUT2D eigenvalue weighted by Crippen LogP contribution is 2.32. The summed E-state index contributed by atoms with van der Waals surface area (Å²) in [6.07, 6.45) is 0.294. The largest absolute Gasteiger partial charge is 0.494 e. The first-order valence-electron chi connectivity index (χ1n) is 9.58. The van der Waals surface area contributed by atoms with E-state index in [9.17, 15) is 20.0 Å². The Labute approximate surface area is 168 Å². The van der Waals surface area contributed by atoms with Crippen LogP contribution >= 0.6 is 0 Å². The molecule has 1 heterocycles. The van der Waals surface area contributed by atoms with Crippen LogP contribution in [0.5, 0.6) is 5.75 Å². The average Bonchev–Trinajstić information content (AvgIpc) is 2.70. The van der Waals surface area contributed by atoms with E-state index in [1.807, 2.05) is 18.2 Å². The molecule has 3 unspecified atom stereocenters. The maximum atomic E-state index is 12.1. The van der Waals surface area contributed by atoms with Gasteiger partial charge in [0.2, 0.25) is 5.91 Å². The van der Waals surface area contributed by atoms with Crippen molar-refractivity contribution in [2.45, 2.75) is 31.9 Å². The topological polar surface area (TPSA) is 128 Å². The van der Waals surface area contributed by atoms with Crippen LogP contribution in [0.1, 0.15) is 42.2 Å². The third kappa shape index (κ3) is 4.72. The van der Waals surface area contributed by atoms with E-state index in [0.717, 1.165) is 18.5 Å². The summed E-state index contributed by atoms with van der Waals surface area (Å²) in [5.41, 5.74) is 7.99. The number of carbonyl (C=O) groups is 1. The molecule has 3 rings (SSSR count). The first kappa shape index (κ1) is 20.8. The number of fused-ring (bicyclic) bond motifs is 1. The summed E-state index contributed by atoms with van der Waals surface area (Å²) in [6, 6.07) is 12.1. The fourth-order valence-electron chi connectivity index (χ4n) is 3.80. The fraction of sp³-hybridized carbons (Fsp3) is 0.381. The molecule has 1 amide bonds. The molecular formula is C21H25N3O5. The Balaban J connectivity index is 1.71. The Morgan fingerprint density at radius 2 is 2.14 bits per heavy atom. The fourth-order valence-corrected chi connectivity index (χ4v) is 3.80. The Morgan fingerprint density at radius 1 is 1.38 bits per heavy atom. The van der Waals surface area contributed by atoms with Gasteiger partial charge in [-0.1, -0.05) is 24.3 Å². The van der Waals surface area contributed by atoms with Crippen molar-refractivity contribution in [3.8, 4) is 5.75 Å². The molecule has 0 bridgehead atoms. The Bertz CT molecular complexity index is 900. The van der Waals surface area contributed by atoms with Crippen LogP contribution in [0.3, 0.4) is 0 Å². The van der Waals surface area contributed by atoms with Crippen LogP contribution in [0.4, 0.5) is 5.69 Å². The number of rotatable bonds is 8. The lowest BCUT2D eigenvalue weighted by Crippen LogP contribution is -2.41. The second-order valence-electron chi connectivity index (χ2n) is 7.18. The molecule has 0 saturated carbocycles. The van der Waals surface area contributed by atoms with Crippen LogP contribution in [0, 0.1) is 16.0 Å². The van der Waals surface area contributed by atoms with E-state index in [1.54, 1.807) is 0 Å². The van der Waals surface area contributed by atoms with Gasteiger partial charge in [0.05, 0.1) is 29.1 Å². The number of nitro benzene ring substituents is 1. The number of primary amides is 1. The molecule has 1 aliphatic rings.